The molecule has 9 heteroatoms. The van der Waals surface area contributed by atoms with Gasteiger partial charge >= 0.3 is 5.97 Å². The van der Waals surface area contributed by atoms with Crippen molar-refractivity contribution in [1.82, 2.24) is 24.4 Å². The molecule has 0 fully saturated rings. The van der Waals surface area contributed by atoms with E-state index in [0.29, 0.717) is 16.9 Å². The number of aromatic nitrogens is 5. The molecule has 0 radical (unpaired) electrons. The van der Waals surface area contributed by atoms with Crippen LogP contribution >= 0.6 is 0 Å². The Balaban J connectivity index is 2.02. The van der Waals surface area contributed by atoms with Crippen LogP contribution in [-0.4, -0.2) is 42.6 Å². The average Bonchev–Trinajstić information content (AvgIpc) is 3.07. The lowest BCUT2D eigenvalue weighted by atomic mass is 10.1. The van der Waals surface area contributed by atoms with Crippen LogP contribution in [0.15, 0.2) is 47.4 Å². The fourth-order valence-corrected chi connectivity index (χ4v) is 3.17. The van der Waals surface area contributed by atoms with Crippen LogP contribution in [0, 0.1) is 0 Å². The van der Waals surface area contributed by atoms with E-state index in [2.05, 4.69) is 15.3 Å². The maximum absolute atomic E-state index is 12.7. The van der Waals surface area contributed by atoms with Crippen LogP contribution in [0.5, 0.6) is 0 Å². The first-order valence-corrected chi connectivity index (χ1v) is 8.59. The Bertz CT molecular complexity index is 1250. The smallest absolute Gasteiger partial charge is 0.326 e. The number of rotatable bonds is 5. The Morgan fingerprint density at radius 3 is 2.64 bits per heavy atom. The summed E-state index contributed by atoms with van der Waals surface area (Å²) in [7, 11) is 1.58. The zero-order valence-corrected chi connectivity index (χ0v) is 15.2. The Hall–Kier alpha value is -3.59. The summed E-state index contributed by atoms with van der Waals surface area (Å²) in [6.07, 6.45) is 1.43. The molecule has 4 rings (SSSR count). The van der Waals surface area contributed by atoms with Crippen molar-refractivity contribution in [1.29, 1.82) is 0 Å². The van der Waals surface area contributed by atoms with Crippen LogP contribution in [0.1, 0.15) is 18.7 Å². The van der Waals surface area contributed by atoms with Crippen molar-refractivity contribution in [3.05, 3.63) is 58.6 Å². The molecule has 142 valence electrons. The summed E-state index contributed by atoms with van der Waals surface area (Å²) in [5.74, 6) is -1.11. The molecule has 1 aromatic carbocycles. The Morgan fingerprint density at radius 1 is 1.21 bits per heavy atom. The molecule has 0 bridgehead atoms. The van der Waals surface area contributed by atoms with E-state index in [-0.39, 0.29) is 12.1 Å². The van der Waals surface area contributed by atoms with E-state index in [1.807, 2.05) is 30.3 Å². The van der Waals surface area contributed by atoms with Gasteiger partial charge < -0.3 is 9.84 Å². The van der Waals surface area contributed by atoms with Gasteiger partial charge in [0.05, 0.1) is 17.9 Å². The molecule has 3 aromatic heterocycles. The third-order valence-electron chi connectivity index (χ3n) is 4.60. The van der Waals surface area contributed by atoms with Crippen molar-refractivity contribution in [3.63, 3.8) is 0 Å². The lowest BCUT2D eigenvalue weighted by Crippen LogP contribution is -2.28. The van der Waals surface area contributed by atoms with Gasteiger partial charge in [0.15, 0.2) is 11.2 Å². The van der Waals surface area contributed by atoms with E-state index in [4.69, 9.17) is 4.74 Å². The first kappa shape index (κ1) is 17.8. The van der Waals surface area contributed by atoms with E-state index in [9.17, 15) is 14.7 Å². The van der Waals surface area contributed by atoms with Crippen molar-refractivity contribution in [2.75, 3.05) is 7.11 Å². The molecule has 3 heterocycles. The monoisotopic (exact) mass is 379 g/mol. The number of benzene rings is 1. The number of hydrogen-bond donors (Lipinski definition) is 1. The number of nitrogens with zero attached hydrogens (tertiary/aromatic N) is 5. The van der Waals surface area contributed by atoms with Crippen LogP contribution in [0.4, 0.5) is 0 Å². The average molecular weight is 379 g/mol. The van der Waals surface area contributed by atoms with Crippen LogP contribution in [0.25, 0.3) is 27.8 Å². The van der Waals surface area contributed by atoms with Gasteiger partial charge in [-0.2, -0.15) is 5.10 Å². The highest BCUT2D eigenvalue weighted by atomic mass is 16.5. The number of methoxy groups -OCH3 is 1. The standard InChI is InChI=1S/C19H17N5O4/c1-11(19(26)27)23-9-8-14-16(18(23)25)20-21-17-15(12-6-4-3-5-7-12)13(10-28-2)22-24(14)17/h3-9,11H,10H2,1-2H3,(H,26,27)/t11-/m1/s1. The zero-order valence-electron chi connectivity index (χ0n) is 15.2. The van der Waals surface area contributed by atoms with Gasteiger partial charge in [-0.05, 0) is 18.6 Å². The van der Waals surface area contributed by atoms with Crippen LogP contribution < -0.4 is 5.56 Å². The number of aliphatic carboxylic acids is 1. The highest BCUT2D eigenvalue weighted by molar-refractivity contribution is 5.84. The van der Waals surface area contributed by atoms with Gasteiger partial charge in [0.1, 0.15) is 11.6 Å². The molecule has 0 aliphatic carbocycles. The van der Waals surface area contributed by atoms with Gasteiger partial charge in [-0.15, -0.1) is 10.2 Å². The van der Waals surface area contributed by atoms with Crippen molar-refractivity contribution in [2.24, 2.45) is 0 Å². The second kappa shape index (κ2) is 6.86. The molecule has 0 amide bonds. The largest absolute Gasteiger partial charge is 0.480 e. The van der Waals surface area contributed by atoms with Crippen molar-refractivity contribution in [3.8, 4) is 11.1 Å². The summed E-state index contributed by atoms with van der Waals surface area (Å²) in [5, 5.41) is 22.1. The fraction of sp³-hybridized carbons (Fsp3) is 0.211. The van der Waals surface area contributed by atoms with Crippen LogP contribution in [0.2, 0.25) is 0 Å². The van der Waals surface area contributed by atoms with Crippen LogP contribution in [-0.2, 0) is 16.1 Å². The highest BCUT2D eigenvalue weighted by Crippen LogP contribution is 2.28. The maximum Gasteiger partial charge on any atom is 0.326 e. The molecule has 28 heavy (non-hydrogen) atoms. The summed E-state index contributed by atoms with van der Waals surface area (Å²) >= 11 is 0. The summed E-state index contributed by atoms with van der Waals surface area (Å²) in [4.78, 5) is 24.0. The summed E-state index contributed by atoms with van der Waals surface area (Å²) < 4.78 is 7.94. The molecule has 4 aromatic rings. The van der Waals surface area contributed by atoms with Gasteiger partial charge in [-0.1, -0.05) is 30.3 Å². The van der Waals surface area contributed by atoms with Crippen molar-refractivity contribution >= 4 is 22.6 Å². The zero-order chi connectivity index (χ0) is 19.8. The van der Waals surface area contributed by atoms with E-state index < -0.39 is 17.6 Å². The molecule has 0 unspecified atom stereocenters. The molecule has 0 saturated carbocycles. The van der Waals surface area contributed by atoms with E-state index in [0.717, 1.165) is 15.7 Å². The maximum atomic E-state index is 12.7. The minimum Gasteiger partial charge on any atom is -0.480 e. The number of pyridine rings is 1. The molecule has 9 nitrogen and oxygen atoms in total. The van der Waals surface area contributed by atoms with E-state index in [1.165, 1.54) is 13.1 Å². The predicted octanol–water partition coefficient (Wildman–Crippen LogP) is 1.90. The molecule has 0 saturated heterocycles. The topological polar surface area (TPSA) is 112 Å². The molecule has 0 spiro atoms. The summed E-state index contributed by atoms with van der Waals surface area (Å²) in [5.41, 5.74) is 2.81. The van der Waals surface area contributed by atoms with Gasteiger partial charge in [0, 0.05) is 13.3 Å². The Morgan fingerprint density at radius 2 is 1.96 bits per heavy atom. The molecule has 1 atom stereocenters. The minimum absolute atomic E-state index is 0.0502. The lowest BCUT2D eigenvalue weighted by Gasteiger charge is -2.11. The number of carboxylic acids is 1. The minimum atomic E-state index is -1.11. The fourth-order valence-electron chi connectivity index (χ4n) is 3.17. The highest BCUT2D eigenvalue weighted by Gasteiger charge is 2.21. The molecular weight excluding hydrogens is 362 g/mol. The van der Waals surface area contributed by atoms with E-state index >= 15 is 0 Å². The van der Waals surface area contributed by atoms with Crippen molar-refractivity contribution in [2.45, 2.75) is 19.6 Å². The van der Waals surface area contributed by atoms with Crippen molar-refractivity contribution < 1.29 is 14.6 Å². The van der Waals surface area contributed by atoms with Gasteiger partial charge in [0.2, 0.25) is 0 Å². The molecule has 0 aliphatic heterocycles. The number of hydrogen-bond acceptors (Lipinski definition) is 6. The van der Waals surface area contributed by atoms with Gasteiger partial charge in [-0.3, -0.25) is 9.36 Å². The first-order chi connectivity index (χ1) is 13.5. The third-order valence-corrected chi connectivity index (χ3v) is 4.60. The Labute approximate surface area is 158 Å². The SMILES string of the molecule is COCc1nn2c(nnc3c(=O)n([C@H](C)C(=O)O)ccc32)c1-c1ccccc1. The predicted molar refractivity (Wildman–Crippen MR) is 101 cm³/mol. The normalized spacial score (nSPS) is 12.5. The molecule has 0 aliphatic rings. The second-order valence-electron chi connectivity index (χ2n) is 6.33. The number of ether oxygens (including phenoxy) is 1. The van der Waals surface area contributed by atoms with Gasteiger partial charge in [-0.25, -0.2) is 9.31 Å². The number of carboxylic acid groups (broad SMARTS) is 1. The third kappa shape index (κ3) is 2.72. The van der Waals surface area contributed by atoms with Gasteiger partial charge in [0.25, 0.3) is 5.56 Å². The quantitative estimate of drug-likeness (QED) is 0.563. The summed E-state index contributed by atoms with van der Waals surface area (Å²) in [6.45, 7) is 1.70. The van der Waals surface area contributed by atoms with E-state index in [1.54, 1.807) is 17.7 Å². The molecule has 1 N–H and O–H groups in total. The molecular formula is C19H17N5O4. The summed E-state index contributed by atoms with van der Waals surface area (Å²) in [6, 6.07) is 10.2. The first-order valence-electron chi connectivity index (χ1n) is 8.59. The van der Waals surface area contributed by atoms with Crippen LogP contribution in [0.3, 0.4) is 0 Å². The number of carbonyl (C=O) groups is 1. The number of fused-ring (bicyclic) bond motifs is 3. The lowest BCUT2D eigenvalue weighted by molar-refractivity contribution is -0.140. The second-order valence-corrected chi connectivity index (χ2v) is 6.33. The Kier molecular flexibility index (Phi) is 4.36.